The fourth-order valence-corrected chi connectivity index (χ4v) is 3.20. The predicted molar refractivity (Wildman–Crippen MR) is 99.5 cm³/mol. The quantitative estimate of drug-likeness (QED) is 0.545. The first-order chi connectivity index (χ1) is 12.1. The van der Waals surface area contributed by atoms with Crippen LogP contribution in [-0.2, 0) is 0 Å². The van der Waals surface area contributed by atoms with Crippen LogP contribution < -0.4 is 10.6 Å². The summed E-state index contributed by atoms with van der Waals surface area (Å²) in [5.41, 5.74) is 3.75. The summed E-state index contributed by atoms with van der Waals surface area (Å²) in [5, 5.41) is 7.52. The zero-order valence-corrected chi connectivity index (χ0v) is 14.5. The summed E-state index contributed by atoms with van der Waals surface area (Å²) in [7, 11) is 1.96. The summed E-state index contributed by atoms with van der Waals surface area (Å²) >= 11 is 0. The summed E-state index contributed by atoms with van der Waals surface area (Å²) in [6, 6.07) is 9.82. The molecule has 3 nitrogen and oxygen atoms in total. The molecular formula is C20H23F2N3. The maximum Gasteiger partial charge on any atom is 0.160 e. The van der Waals surface area contributed by atoms with Crippen molar-refractivity contribution in [3.63, 3.8) is 0 Å². The van der Waals surface area contributed by atoms with Gasteiger partial charge in [-0.2, -0.15) is 0 Å². The van der Waals surface area contributed by atoms with Crippen LogP contribution in [0.5, 0.6) is 0 Å². The number of anilines is 2. The van der Waals surface area contributed by atoms with Gasteiger partial charge in [0, 0.05) is 34.5 Å². The highest BCUT2D eigenvalue weighted by Gasteiger charge is 2.14. The number of halogens is 2. The number of aromatic nitrogens is 1. The van der Waals surface area contributed by atoms with Crippen LogP contribution in [0.4, 0.5) is 20.2 Å². The molecule has 0 aliphatic rings. The summed E-state index contributed by atoms with van der Waals surface area (Å²) in [4.78, 5) is 3.33. The molecule has 3 aromatic rings. The average Bonchev–Trinajstić information content (AvgIpc) is 3.02. The molecule has 0 saturated heterocycles. The van der Waals surface area contributed by atoms with Crippen molar-refractivity contribution < 1.29 is 8.78 Å². The van der Waals surface area contributed by atoms with Gasteiger partial charge >= 0.3 is 0 Å². The average molecular weight is 343 g/mol. The molecule has 1 aromatic heterocycles. The van der Waals surface area contributed by atoms with Crippen molar-refractivity contribution in [1.82, 2.24) is 10.3 Å². The van der Waals surface area contributed by atoms with Crippen LogP contribution in [0.3, 0.4) is 0 Å². The van der Waals surface area contributed by atoms with Gasteiger partial charge in [-0.3, -0.25) is 0 Å². The van der Waals surface area contributed by atoms with Gasteiger partial charge in [0.25, 0.3) is 0 Å². The Labute approximate surface area is 146 Å². The van der Waals surface area contributed by atoms with Crippen LogP contribution in [0.15, 0.2) is 42.6 Å². The van der Waals surface area contributed by atoms with E-state index >= 15 is 0 Å². The molecule has 0 bridgehead atoms. The van der Waals surface area contributed by atoms with Gasteiger partial charge in [-0.1, -0.05) is 6.92 Å². The fourth-order valence-electron chi connectivity index (χ4n) is 3.20. The SMILES string of the molecule is CCC(CCNC)c1c[nH]c2ccc(Nc3ccc(F)c(F)c3)cc12. The Kier molecular flexibility index (Phi) is 5.34. The Hall–Kier alpha value is -2.40. The third-order valence-corrected chi connectivity index (χ3v) is 4.60. The summed E-state index contributed by atoms with van der Waals surface area (Å²) < 4.78 is 26.5. The van der Waals surface area contributed by atoms with Crippen molar-refractivity contribution >= 4 is 22.3 Å². The van der Waals surface area contributed by atoms with E-state index in [1.165, 1.54) is 17.7 Å². The number of rotatable bonds is 7. The van der Waals surface area contributed by atoms with Gasteiger partial charge in [-0.25, -0.2) is 8.78 Å². The Morgan fingerprint density at radius 2 is 1.80 bits per heavy atom. The highest BCUT2D eigenvalue weighted by atomic mass is 19.2. The van der Waals surface area contributed by atoms with Crippen molar-refractivity contribution in [2.45, 2.75) is 25.7 Å². The smallest absolute Gasteiger partial charge is 0.160 e. The zero-order valence-electron chi connectivity index (χ0n) is 14.5. The number of H-pyrrole nitrogens is 1. The monoisotopic (exact) mass is 343 g/mol. The van der Waals surface area contributed by atoms with Crippen LogP contribution >= 0.6 is 0 Å². The van der Waals surface area contributed by atoms with Crippen LogP contribution in [-0.4, -0.2) is 18.6 Å². The molecule has 132 valence electrons. The third kappa shape index (κ3) is 3.82. The Morgan fingerprint density at radius 3 is 2.52 bits per heavy atom. The van der Waals surface area contributed by atoms with Gasteiger partial charge in [-0.05, 0) is 68.2 Å². The van der Waals surface area contributed by atoms with Gasteiger partial charge in [-0.15, -0.1) is 0 Å². The second-order valence-electron chi connectivity index (χ2n) is 6.26. The molecule has 3 rings (SSSR count). The molecule has 0 aliphatic heterocycles. The maximum atomic E-state index is 13.4. The molecule has 5 heteroatoms. The Bertz CT molecular complexity index is 857. The van der Waals surface area contributed by atoms with Crippen molar-refractivity contribution in [2.75, 3.05) is 18.9 Å². The van der Waals surface area contributed by atoms with Gasteiger partial charge in [0.2, 0.25) is 0 Å². The third-order valence-electron chi connectivity index (χ3n) is 4.60. The van der Waals surface area contributed by atoms with E-state index in [-0.39, 0.29) is 0 Å². The van der Waals surface area contributed by atoms with E-state index in [1.807, 2.05) is 19.2 Å². The van der Waals surface area contributed by atoms with Crippen molar-refractivity contribution in [3.05, 3.63) is 59.8 Å². The summed E-state index contributed by atoms with van der Waals surface area (Å²) in [5.74, 6) is -1.23. The first-order valence-electron chi connectivity index (χ1n) is 8.60. The predicted octanol–water partition coefficient (Wildman–Crippen LogP) is 5.29. The van der Waals surface area contributed by atoms with E-state index in [1.54, 1.807) is 0 Å². The summed E-state index contributed by atoms with van der Waals surface area (Å²) in [6.45, 7) is 3.17. The molecule has 0 spiro atoms. The number of hydrogen-bond acceptors (Lipinski definition) is 2. The molecule has 2 aromatic carbocycles. The maximum absolute atomic E-state index is 13.4. The van der Waals surface area contributed by atoms with E-state index < -0.39 is 11.6 Å². The minimum absolute atomic E-state index is 0.472. The van der Waals surface area contributed by atoms with E-state index in [0.29, 0.717) is 11.6 Å². The molecule has 1 heterocycles. The Balaban J connectivity index is 1.90. The number of hydrogen-bond donors (Lipinski definition) is 3. The zero-order chi connectivity index (χ0) is 17.8. The molecular weight excluding hydrogens is 320 g/mol. The van der Waals surface area contributed by atoms with Crippen LogP contribution in [0.2, 0.25) is 0 Å². The first-order valence-corrected chi connectivity index (χ1v) is 8.60. The van der Waals surface area contributed by atoms with E-state index in [4.69, 9.17) is 0 Å². The molecule has 3 N–H and O–H groups in total. The van der Waals surface area contributed by atoms with Crippen LogP contribution in [0, 0.1) is 11.6 Å². The highest BCUT2D eigenvalue weighted by molar-refractivity contribution is 5.87. The van der Waals surface area contributed by atoms with Crippen molar-refractivity contribution in [1.29, 1.82) is 0 Å². The molecule has 1 unspecified atom stereocenters. The van der Waals surface area contributed by atoms with Gasteiger partial charge in [0.1, 0.15) is 0 Å². The molecule has 0 aliphatic carbocycles. The number of benzene rings is 2. The normalized spacial score (nSPS) is 12.5. The van der Waals surface area contributed by atoms with Gasteiger partial charge in [0.05, 0.1) is 0 Å². The molecule has 0 radical (unpaired) electrons. The van der Waals surface area contributed by atoms with Crippen LogP contribution in [0.1, 0.15) is 31.2 Å². The molecule has 1 atom stereocenters. The highest BCUT2D eigenvalue weighted by Crippen LogP contribution is 2.32. The lowest BCUT2D eigenvalue weighted by Crippen LogP contribution is -2.11. The Morgan fingerprint density at radius 1 is 1.04 bits per heavy atom. The minimum Gasteiger partial charge on any atom is -0.361 e. The fraction of sp³-hybridized carbons (Fsp3) is 0.300. The van der Waals surface area contributed by atoms with Crippen molar-refractivity contribution in [3.8, 4) is 0 Å². The van der Waals surface area contributed by atoms with Gasteiger partial charge in [0.15, 0.2) is 11.6 Å². The largest absolute Gasteiger partial charge is 0.361 e. The summed E-state index contributed by atoms with van der Waals surface area (Å²) in [6.07, 6.45) is 4.21. The second kappa shape index (κ2) is 7.66. The topological polar surface area (TPSA) is 39.9 Å². The number of nitrogens with one attached hydrogen (secondary N) is 3. The van der Waals surface area contributed by atoms with E-state index in [9.17, 15) is 8.78 Å². The minimum atomic E-state index is -0.855. The van der Waals surface area contributed by atoms with Crippen LogP contribution in [0.25, 0.3) is 10.9 Å². The molecule has 0 saturated carbocycles. The van der Waals surface area contributed by atoms with Crippen molar-refractivity contribution in [2.24, 2.45) is 0 Å². The lowest BCUT2D eigenvalue weighted by atomic mass is 9.92. The lowest BCUT2D eigenvalue weighted by Gasteiger charge is -2.14. The number of aromatic amines is 1. The van der Waals surface area contributed by atoms with E-state index in [2.05, 4.69) is 34.8 Å². The standard InChI is InChI=1S/C20H23F2N3/c1-3-13(8-9-23-2)17-12-24-20-7-5-14(10-16(17)20)25-15-4-6-18(21)19(22)11-15/h4-7,10-13,23-25H,3,8-9H2,1-2H3. The molecule has 0 fully saturated rings. The molecule has 0 amide bonds. The van der Waals surface area contributed by atoms with Gasteiger partial charge < -0.3 is 15.6 Å². The second-order valence-corrected chi connectivity index (χ2v) is 6.26. The number of fused-ring (bicyclic) bond motifs is 1. The first kappa shape index (κ1) is 17.4. The van der Waals surface area contributed by atoms with E-state index in [0.717, 1.165) is 42.0 Å². The molecule has 25 heavy (non-hydrogen) atoms. The lowest BCUT2D eigenvalue weighted by molar-refractivity contribution is 0.509.